The van der Waals surface area contributed by atoms with E-state index in [1.807, 2.05) is 6.92 Å². The van der Waals surface area contributed by atoms with Crippen molar-refractivity contribution >= 4 is 35.8 Å². The summed E-state index contributed by atoms with van der Waals surface area (Å²) in [4.78, 5) is 16.4. The summed E-state index contributed by atoms with van der Waals surface area (Å²) in [6.07, 6.45) is -4.46. The number of benzene rings is 1. The van der Waals surface area contributed by atoms with Crippen molar-refractivity contribution in [2.24, 2.45) is 4.99 Å². The van der Waals surface area contributed by atoms with Crippen LogP contribution in [-0.4, -0.2) is 49.6 Å². The molecule has 154 valence electrons. The SMILES string of the molecule is CCNC(=NCC(=O)N(C)CC(F)(F)F)NC(C)c1ccc(C)c(F)c1.I. The Balaban J connectivity index is 0.00000676. The number of rotatable bonds is 6. The van der Waals surface area contributed by atoms with E-state index in [-0.39, 0.29) is 41.8 Å². The van der Waals surface area contributed by atoms with Crippen molar-refractivity contribution in [2.75, 3.05) is 26.7 Å². The summed E-state index contributed by atoms with van der Waals surface area (Å²) in [5.41, 5.74) is 1.21. The van der Waals surface area contributed by atoms with Crippen molar-refractivity contribution in [2.45, 2.75) is 33.0 Å². The molecule has 0 aliphatic heterocycles. The van der Waals surface area contributed by atoms with Gasteiger partial charge in [0.1, 0.15) is 18.9 Å². The summed E-state index contributed by atoms with van der Waals surface area (Å²) < 4.78 is 50.7. The monoisotopic (exact) mass is 504 g/mol. The smallest absolute Gasteiger partial charge is 0.357 e. The van der Waals surface area contributed by atoms with Crippen LogP contribution >= 0.6 is 24.0 Å². The Hall–Kier alpha value is -1.59. The third kappa shape index (κ3) is 9.25. The van der Waals surface area contributed by atoms with Crippen LogP contribution in [0, 0.1) is 12.7 Å². The van der Waals surface area contributed by atoms with Crippen LogP contribution < -0.4 is 10.6 Å². The van der Waals surface area contributed by atoms with Crippen molar-refractivity contribution in [3.8, 4) is 0 Å². The number of amides is 1. The molecule has 0 radical (unpaired) electrons. The molecule has 1 atom stereocenters. The van der Waals surface area contributed by atoms with Gasteiger partial charge in [-0.1, -0.05) is 12.1 Å². The maximum atomic E-state index is 13.7. The van der Waals surface area contributed by atoms with Gasteiger partial charge in [-0.2, -0.15) is 13.2 Å². The van der Waals surface area contributed by atoms with E-state index in [4.69, 9.17) is 0 Å². The summed E-state index contributed by atoms with van der Waals surface area (Å²) in [6.45, 7) is 3.99. The average molecular weight is 504 g/mol. The Morgan fingerprint density at radius 1 is 1.33 bits per heavy atom. The molecule has 10 heteroatoms. The molecular weight excluding hydrogens is 479 g/mol. The normalized spacial score (nSPS) is 12.8. The summed E-state index contributed by atoms with van der Waals surface area (Å²) in [6, 6.07) is 4.51. The standard InChI is InChI=1S/C17H24F4N4O.HI/c1-5-22-16(23-9-15(26)25(4)10-17(19,20)21)24-12(3)13-7-6-11(2)14(18)8-13;/h6-8,12H,5,9-10H2,1-4H3,(H2,22,23,24);1H. The molecule has 0 aliphatic rings. The zero-order chi connectivity index (χ0) is 19.9. The van der Waals surface area contributed by atoms with Crippen LogP contribution in [0.2, 0.25) is 0 Å². The van der Waals surface area contributed by atoms with E-state index in [1.165, 1.54) is 6.07 Å². The summed E-state index contributed by atoms with van der Waals surface area (Å²) in [5, 5.41) is 5.91. The minimum absolute atomic E-state index is 0. The van der Waals surface area contributed by atoms with Gasteiger partial charge in [-0.3, -0.25) is 4.79 Å². The molecule has 1 rings (SSSR count). The maximum Gasteiger partial charge on any atom is 0.406 e. The molecule has 1 aromatic carbocycles. The van der Waals surface area contributed by atoms with Crippen LogP contribution in [0.1, 0.15) is 31.0 Å². The second-order valence-electron chi connectivity index (χ2n) is 5.93. The molecule has 1 aromatic rings. The lowest BCUT2D eigenvalue weighted by Crippen LogP contribution is -2.41. The summed E-state index contributed by atoms with van der Waals surface area (Å²) in [7, 11) is 1.07. The molecule has 1 amide bonds. The number of halogens is 5. The first-order valence-corrected chi connectivity index (χ1v) is 8.15. The molecular formula is C17H25F4IN4O. The van der Waals surface area contributed by atoms with Gasteiger partial charge in [-0.25, -0.2) is 9.38 Å². The van der Waals surface area contributed by atoms with Gasteiger partial charge in [0.15, 0.2) is 5.96 Å². The van der Waals surface area contributed by atoms with E-state index in [0.29, 0.717) is 22.6 Å². The first-order chi connectivity index (χ1) is 12.0. The van der Waals surface area contributed by atoms with Crippen LogP contribution in [0.3, 0.4) is 0 Å². The van der Waals surface area contributed by atoms with Crippen molar-refractivity contribution < 1.29 is 22.4 Å². The Labute approximate surface area is 173 Å². The predicted octanol–water partition coefficient (Wildman–Crippen LogP) is 3.39. The summed E-state index contributed by atoms with van der Waals surface area (Å²) >= 11 is 0. The minimum atomic E-state index is -4.46. The number of likely N-dealkylation sites (N-methyl/N-ethyl adjacent to an activating group) is 1. The van der Waals surface area contributed by atoms with Gasteiger partial charge in [-0.15, -0.1) is 24.0 Å². The van der Waals surface area contributed by atoms with Crippen molar-refractivity contribution in [3.63, 3.8) is 0 Å². The highest BCUT2D eigenvalue weighted by atomic mass is 127. The van der Waals surface area contributed by atoms with Crippen LogP contribution in [-0.2, 0) is 4.79 Å². The van der Waals surface area contributed by atoms with Gasteiger partial charge in [-0.05, 0) is 38.0 Å². The van der Waals surface area contributed by atoms with Crippen LogP contribution in [0.15, 0.2) is 23.2 Å². The predicted molar refractivity (Wildman–Crippen MR) is 108 cm³/mol. The van der Waals surface area contributed by atoms with Crippen molar-refractivity contribution in [3.05, 3.63) is 35.1 Å². The fourth-order valence-corrected chi connectivity index (χ4v) is 2.11. The Bertz CT molecular complexity index is 652. The minimum Gasteiger partial charge on any atom is -0.357 e. The first-order valence-electron chi connectivity index (χ1n) is 8.15. The van der Waals surface area contributed by atoms with E-state index in [0.717, 1.165) is 7.05 Å². The van der Waals surface area contributed by atoms with Gasteiger partial charge >= 0.3 is 6.18 Å². The van der Waals surface area contributed by atoms with Crippen LogP contribution in [0.25, 0.3) is 0 Å². The van der Waals surface area contributed by atoms with Gasteiger partial charge in [0.05, 0.1) is 6.04 Å². The van der Waals surface area contributed by atoms with Crippen LogP contribution in [0.5, 0.6) is 0 Å². The van der Waals surface area contributed by atoms with E-state index in [9.17, 15) is 22.4 Å². The molecule has 5 nitrogen and oxygen atoms in total. The zero-order valence-electron chi connectivity index (χ0n) is 15.7. The van der Waals surface area contributed by atoms with Gasteiger partial charge in [0.25, 0.3) is 0 Å². The van der Waals surface area contributed by atoms with Gasteiger partial charge < -0.3 is 15.5 Å². The molecule has 27 heavy (non-hydrogen) atoms. The second-order valence-corrected chi connectivity index (χ2v) is 5.93. The highest BCUT2D eigenvalue weighted by Crippen LogP contribution is 2.17. The number of aryl methyl sites for hydroxylation is 1. The highest BCUT2D eigenvalue weighted by molar-refractivity contribution is 14.0. The lowest BCUT2D eigenvalue weighted by Gasteiger charge is -2.20. The third-order valence-electron chi connectivity index (χ3n) is 3.61. The van der Waals surface area contributed by atoms with E-state index < -0.39 is 25.2 Å². The number of aliphatic imine (C=N–C) groups is 1. The number of alkyl halides is 3. The van der Waals surface area contributed by atoms with E-state index in [1.54, 1.807) is 26.0 Å². The molecule has 0 bridgehead atoms. The molecule has 1 unspecified atom stereocenters. The molecule has 0 aliphatic carbocycles. The zero-order valence-corrected chi connectivity index (χ0v) is 18.0. The fraction of sp³-hybridized carbons (Fsp3) is 0.529. The highest BCUT2D eigenvalue weighted by Gasteiger charge is 2.31. The second kappa shape index (κ2) is 11.3. The number of carbonyl (C=O) groups excluding carboxylic acids is 1. The quantitative estimate of drug-likeness (QED) is 0.271. The fourth-order valence-electron chi connectivity index (χ4n) is 2.11. The third-order valence-corrected chi connectivity index (χ3v) is 3.61. The number of guanidine groups is 1. The molecule has 0 spiro atoms. The van der Waals surface area contributed by atoms with Crippen LogP contribution in [0.4, 0.5) is 17.6 Å². The van der Waals surface area contributed by atoms with Gasteiger partial charge in [0, 0.05) is 13.6 Å². The summed E-state index contributed by atoms with van der Waals surface area (Å²) in [5.74, 6) is -0.828. The maximum absolute atomic E-state index is 13.7. The number of nitrogens with one attached hydrogen (secondary N) is 2. The number of hydrogen-bond acceptors (Lipinski definition) is 2. The molecule has 0 saturated heterocycles. The number of nitrogens with zero attached hydrogens (tertiary/aromatic N) is 2. The van der Waals surface area contributed by atoms with Crippen molar-refractivity contribution in [1.82, 2.24) is 15.5 Å². The molecule has 0 saturated carbocycles. The van der Waals surface area contributed by atoms with Gasteiger partial charge in [0.2, 0.25) is 5.91 Å². The molecule has 0 fully saturated rings. The average Bonchev–Trinajstić information content (AvgIpc) is 2.53. The number of hydrogen-bond donors (Lipinski definition) is 2. The first kappa shape index (κ1) is 25.4. The Kier molecular flexibility index (Phi) is 10.6. The molecule has 0 aromatic heterocycles. The van der Waals surface area contributed by atoms with Crippen molar-refractivity contribution in [1.29, 1.82) is 0 Å². The molecule has 2 N–H and O–H groups in total. The van der Waals surface area contributed by atoms with E-state index in [2.05, 4.69) is 15.6 Å². The molecule has 0 heterocycles. The Morgan fingerprint density at radius 3 is 2.48 bits per heavy atom. The lowest BCUT2D eigenvalue weighted by molar-refractivity contribution is -0.157. The lowest BCUT2D eigenvalue weighted by atomic mass is 10.1. The number of carbonyl (C=O) groups is 1. The largest absolute Gasteiger partial charge is 0.406 e. The Morgan fingerprint density at radius 2 is 1.96 bits per heavy atom. The topological polar surface area (TPSA) is 56.7 Å². The van der Waals surface area contributed by atoms with E-state index >= 15 is 0 Å².